The van der Waals surface area contributed by atoms with Gasteiger partial charge in [0.2, 0.25) is 0 Å². The van der Waals surface area contributed by atoms with Crippen LogP contribution in [0.2, 0.25) is 0 Å². The summed E-state index contributed by atoms with van der Waals surface area (Å²) in [6, 6.07) is 16.4. The van der Waals surface area contributed by atoms with E-state index in [0.29, 0.717) is 26.4 Å². The van der Waals surface area contributed by atoms with E-state index in [1.807, 2.05) is 24.3 Å². The van der Waals surface area contributed by atoms with E-state index < -0.39 is 12.1 Å². The fourth-order valence-corrected chi connectivity index (χ4v) is 3.48. The van der Waals surface area contributed by atoms with Crippen molar-refractivity contribution in [3.8, 4) is 11.1 Å². The van der Waals surface area contributed by atoms with Gasteiger partial charge in [0.1, 0.15) is 6.61 Å². The predicted octanol–water partition coefficient (Wildman–Crippen LogP) is 3.38. The van der Waals surface area contributed by atoms with E-state index in [2.05, 4.69) is 24.3 Å². The van der Waals surface area contributed by atoms with Gasteiger partial charge in [0.25, 0.3) is 0 Å². The number of fused-ring (bicyclic) bond motifs is 3. The Morgan fingerprint density at radius 3 is 2.07 bits per heavy atom. The lowest BCUT2D eigenvalue weighted by Gasteiger charge is -2.19. The molecule has 0 saturated heterocycles. The van der Waals surface area contributed by atoms with Crippen molar-refractivity contribution in [2.45, 2.75) is 12.3 Å². The van der Waals surface area contributed by atoms with Crippen LogP contribution in [0.25, 0.3) is 11.1 Å². The predicted molar refractivity (Wildman–Crippen MR) is 112 cm³/mol. The Hall–Kier alpha value is -2.90. The van der Waals surface area contributed by atoms with E-state index in [1.165, 1.54) is 27.2 Å². The molecule has 0 atom stereocenters. The lowest BCUT2D eigenvalue weighted by molar-refractivity contribution is -0.138. The largest absolute Gasteiger partial charge is 0.481 e. The number of rotatable bonds is 11. The molecule has 1 aliphatic rings. The third-order valence-electron chi connectivity index (χ3n) is 5.05. The summed E-state index contributed by atoms with van der Waals surface area (Å²) in [5.74, 6) is -0.852. The molecule has 0 saturated carbocycles. The smallest absolute Gasteiger partial charge is 0.409 e. The molecule has 30 heavy (non-hydrogen) atoms. The highest BCUT2D eigenvalue weighted by Crippen LogP contribution is 2.44. The van der Waals surface area contributed by atoms with Crippen LogP contribution in [-0.4, -0.2) is 68.7 Å². The van der Waals surface area contributed by atoms with E-state index in [9.17, 15) is 9.59 Å². The second-order valence-electron chi connectivity index (χ2n) is 7.09. The van der Waals surface area contributed by atoms with Gasteiger partial charge in [0.05, 0.1) is 32.8 Å². The molecule has 1 amide bonds. The maximum atomic E-state index is 12.4. The van der Waals surface area contributed by atoms with Gasteiger partial charge in [-0.25, -0.2) is 4.79 Å². The number of hydrogen-bond donors (Lipinski definition) is 1. The van der Waals surface area contributed by atoms with Crippen molar-refractivity contribution in [3.63, 3.8) is 0 Å². The van der Waals surface area contributed by atoms with Crippen LogP contribution >= 0.6 is 0 Å². The highest BCUT2D eigenvalue weighted by Gasteiger charge is 2.29. The topological polar surface area (TPSA) is 85.3 Å². The molecule has 3 rings (SSSR count). The van der Waals surface area contributed by atoms with Crippen molar-refractivity contribution in [1.82, 2.24) is 4.90 Å². The van der Waals surface area contributed by atoms with Gasteiger partial charge in [-0.05, 0) is 22.3 Å². The summed E-state index contributed by atoms with van der Waals surface area (Å²) in [4.78, 5) is 24.2. The fraction of sp³-hybridized carbons (Fsp3) is 0.391. The summed E-state index contributed by atoms with van der Waals surface area (Å²) >= 11 is 0. The highest BCUT2D eigenvalue weighted by molar-refractivity contribution is 5.79. The van der Waals surface area contributed by atoms with Crippen LogP contribution in [-0.2, 0) is 19.0 Å². The van der Waals surface area contributed by atoms with Crippen LogP contribution < -0.4 is 0 Å². The second kappa shape index (κ2) is 10.8. The molecule has 2 aromatic carbocycles. The van der Waals surface area contributed by atoms with E-state index in [4.69, 9.17) is 19.3 Å². The molecular weight excluding hydrogens is 386 g/mol. The highest BCUT2D eigenvalue weighted by atomic mass is 16.6. The number of hydrogen-bond acceptors (Lipinski definition) is 5. The molecule has 0 radical (unpaired) electrons. The average Bonchev–Trinajstić information content (AvgIpc) is 3.07. The molecule has 2 aromatic rings. The molecule has 0 fully saturated rings. The number of amides is 1. The zero-order valence-electron chi connectivity index (χ0n) is 17.1. The molecule has 7 nitrogen and oxygen atoms in total. The maximum absolute atomic E-state index is 12.4. The summed E-state index contributed by atoms with van der Waals surface area (Å²) in [6.45, 7) is 1.86. The molecule has 0 aliphatic heterocycles. The number of likely N-dealkylation sites (N-methyl/N-ethyl adjacent to an activating group) is 1. The lowest BCUT2D eigenvalue weighted by Crippen LogP contribution is -2.32. The summed E-state index contributed by atoms with van der Waals surface area (Å²) < 4.78 is 16.1. The summed E-state index contributed by atoms with van der Waals surface area (Å²) in [5, 5.41) is 8.52. The monoisotopic (exact) mass is 413 g/mol. The quantitative estimate of drug-likeness (QED) is 0.569. The molecule has 0 heterocycles. The molecule has 0 spiro atoms. The maximum Gasteiger partial charge on any atom is 0.409 e. The van der Waals surface area contributed by atoms with Gasteiger partial charge in [0, 0.05) is 19.5 Å². The standard InChI is InChI=1S/C23H27NO6/c1-24(11-13-29-15-14-28-12-10-22(25)26)23(27)30-16-21-19-8-4-2-6-17(19)18-7-3-5-9-20(18)21/h2-9,21H,10-16H2,1H3,(H,25,26). The minimum Gasteiger partial charge on any atom is -0.481 e. The third kappa shape index (κ3) is 5.58. The Morgan fingerprint density at radius 2 is 1.47 bits per heavy atom. The first-order valence-corrected chi connectivity index (χ1v) is 10.0. The first-order chi connectivity index (χ1) is 14.6. The van der Waals surface area contributed by atoms with Crippen molar-refractivity contribution < 1.29 is 28.9 Å². The molecular formula is C23H27NO6. The van der Waals surface area contributed by atoms with Crippen LogP contribution in [0.4, 0.5) is 4.79 Å². The zero-order chi connectivity index (χ0) is 21.3. The molecule has 0 unspecified atom stereocenters. The van der Waals surface area contributed by atoms with Crippen molar-refractivity contribution >= 4 is 12.1 Å². The van der Waals surface area contributed by atoms with Gasteiger partial charge in [-0.15, -0.1) is 0 Å². The fourth-order valence-electron chi connectivity index (χ4n) is 3.48. The lowest BCUT2D eigenvalue weighted by atomic mass is 9.98. The molecule has 0 aromatic heterocycles. The first-order valence-electron chi connectivity index (χ1n) is 10.0. The van der Waals surface area contributed by atoms with Gasteiger partial charge in [0.15, 0.2) is 0 Å². The number of ether oxygens (including phenoxy) is 3. The van der Waals surface area contributed by atoms with E-state index in [-0.39, 0.29) is 25.6 Å². The van der Waals surface area contributed by atoms with Gasteiger partial charge in [-0.1, -0.05) is 48.5 Å². The number of carbonyl (C=O) groups is 2. The molecule has 1 N–H and O–H groups in total. The molecule has 160 valence electrons. The van der Waals surface area contributed by atoms with E-state index in [0.717, 1.165) is 0 Å². The normalized spacial score (nSPS) is 12.3. The minimum atomic E-state index is -0.888. The minimum absolute atomic E-state index is 0.0233. The molecule has 7 heteroatoms. The average molecular weight is 413 g/mol. The second-order valence-corrected chi connectivity index (χ2v) is 7.09. The first kappa shape index (κ1) is 21.8. The molecule has 1 aliphatic carbocycles. The zero-order valence-corrected chi connectivity index (χ0v) is 17.1. The van der Waals surface area contributed by atoms with Crippen molar-refractivity contribution in [2.75, 3.05) is 46.6 Å². The Labute approximate surface area is 176 Å². The number of benzene rings is 2. The Bertz CT molecular complexity index is 823. The van der Waals surface area contributed by atoms with Gasteiger partial charge < -0.3 is 24.2 Å². The summed E-state index contributed by atoms with van der Waals surface area (Å²) in [7, 11) is 1.67. The van der Waals surface area contributed by atoms with E-state index in [1.54, 1.807) is 7.05 Å². The van der Waals surface area contributed by atoms with Gasteiger partial charge in [-0.2, -0.15) is 0 Å². The number of carbonyl (C=O) groups excluding carboxylic acids is 1. The van der Waals surface area contributed by atoms with Crippen LogP contribution in [0.1, 0.15) is 23.5 Å². The SMILES string of the molecule is CN(CCOCCOCCC(=O)O)C(=O)OCC1c2ccccc2-c2ccccc21. The van der Waals surface area contributed by atoms with Crippen LogP contribution in [0.3, 0.4) is 0 Å². The Kier molecular flexibility index (Phi) is 7.82. The van der Waals surface area contributed by atoms with Crippen LogP contribution in [0.15, 0.2) is 48.5 Å². The Morgan fingerprint density at radius 1 is 0.900 bits per heavy atom. The number of nitrogens with zero attached hydrogens (tertiary/aromatic N) is 1. The number of carboxylic acids is 1. The van der Waals surface area contributed by atoms with Crippen molar-refractivity contribution in [2.24, 2.45) is 0 Å². The van der Waals surface area contributed by atoms with Gasteiger partial charge >= 0.3 is 12.1 Å². The Balaban J connectivity index is 1.40. The number of aliphatic carboxylic acids is 1. The van der Waals surface area contributed by atoms with Crippen LogP contribution in [0.5, 0.6) is 0 Å². The van der Waals surface area contributed by atoms with Crippen LogP contribution in [0, 0.1) is 0 Å². The molecule has 0 bridgehead atoms. The number of carboxylic acid groups (broad SMARTS) is 1. The summed E-state index contributed by atoms with van der Waals surface area (Å²) in [5.41, 5.74) is 4.75. The summed E-state index contributed by atoms with van der Waals surface area (Å²) in [6.07, 6.45) is -0.414. The van der Waals surface area contributed by atoms with Crippen molar-refractivity contribution in [3.05, 3.63) is 59.7 Å². The van der Waals surface area contributed by atoms with E-state index >= 15 is 0 Å². The third-order valence-corrected chi connectivity index (χ3v) is 5.05. The van der Waals surface area contributed by atoms with Gasteiger partial charge in [-0.3, -0.25) is 4.79 Å². The van der Waals surface area contributed by atoms with Crippen molar-refractivity contribution in [1.29, 1.82) is 0 Å².